The van der Waals surface area contributed by atoms with E-state index in [1.165, 1.54) is 30.3 Å². The van der Waals surface area contributed by atoms with E-state index >= 15 is 0 Å². The first-order valence-electron chi connectivity index (χ1n) is 6.69. The second-order valence-corrected chi connectivity index (χ2v) is 5.70. The summed E-state index contributed by atoms with van der Waals surface area (Å²) in [6, 6.07) is 10.1. The van der Waals surface area contributed by atoms with Crippen LogP contribution >= 0.6 is 23.2 Å². The number of hydrogen-bond donors (Lipinski definition) is 3. The van der Waals surface area contributed by atoms with E-state index in [1.807, 2.05) is 0 Å². The number of phenols is 1. The van der Waals surface area contributed by atoms with Gasteiger partial charge in [0.25, 0.3) is 5.91 Å². The Morgan fingerprint density at radius 3 is 2.62 bits per heavy atom. The molecule has 0 fully saturated rings. The number of nitrogens with one attached hydrogen (secondary N) is 1. The van der Waals surface area contributed by atoms with Gasteiger partial charge in [0.1, 0.15) is 16.7 Å². The van der Waals surface area contributed by atoms with Gasteiger partial charge >= 0.3 is 0 Å². The number of hydrogen-bond acceptors (Lipinski definition) is 5. The largest absolute Gasteiger partial charge is 0.508 e. The molecule has 1 amide bonds. The highest BCUT2D eigenvalue weighted by Gasteiger charge is 2.14. The molecule has 0 aliphatic rings. The van der Waals surface area contributed by atoms with Crippen molar-refractivity contribution in [3.05, 3.63) is 63.6 Å². The zero-order valence-electron chi connectivity index (χ0n) is 12.0. The first-order chi connectivity index (χ1) is 11.5. The van der Waals surface area contributed by atoms with Crippen LogP contribution in [0, 0.1) is 0 Å². The number of amides is 1. The Hall–Kier alpha value is -2.70. The van der Waals surface area contributed by atoms with Crippen molar-refractivity contribution in [2.75, 3.05) is 5.32 Å². The van der Waals surface area contributed by atoms with Crippen LogP contribution in [0.4, 0.5) is 5.69 Å². The van der Waals surface area contributed by atoms with Gasteiger partial charge in [-0.05, 0) is 30.3 Å². The molecule has 0 aliphatic carbocycles. The summed E-state index contributed by atoms with van der Waals surface area (Å²) in [6.07, 6.45) is 0. The van der Waals surface area contributed by atoms with Crippen molar-refractivity contribution in [2.45, 2.75) is 0 Å². The molecule has 3 aromatic rings. The summed E-state index contributed by atoms with van der Waals surface area (Å²) in [6.45, 7) is 0. The van der Waals surface area contributed by atoms with Crippen LogP contribution in [0.25, 0.3) is 11.0 Å². The summed E-state index contributed by atoms with van der Waals surface area (Å²) in [5.41, 5.74) is 0.539. The lowest BCUT2D eigenvalue weighted by Crippen LogP contribution is -2.15. The van der Waals surface area contributed by atoms with Crippen molar-refractivity contribution >= 4 is 45.8 Å². The van der Waals surface area contributed by atoms with E-state index in [4.69, 9.17) is 32.8 Å². The van der Waals surface area contributed by atoms with Gasteiger partial charge in [0, 0.05) is 22.5 Å². The van der Waals surface area contributed by atoms with Crippen LogP contribution in [0.5, 0.6) is 5.75 Å². The molecule has 1 aromatic heterocycles. The fourth-order valence-electron chi connectivity index (χ4n) is 2.13. The smallest absolute Gasteiger partial charge is 0.291 e. The topological polar surface area (TPSA) is 95.1 Å². The first-order valence-corrected chi connectivity index (χ1v) is 7.45. The number of fused-ring (bicyclic) bond motifs is 1. The minimum Gasteiger partial charge on any atom is -0.508 e. The molecular weight excluding hydrogens is 355 g/mol. The van der Waals surface area contributed by atoms with Crippen molar-refractivity contribution in [1.29, 1.82) is 0 Å². The summed E-state index contributed by atoms with van der Waals surface area (Å²) in [5, 5.41) is 25.7. The Morgan fingerprint density at radius 2 is 1.92 bits per heavy atom. The minimum atomic E-state index is -0.602. The summed E-state index contributed by atoms with van der Waals surface area (Å²) in [5.74, 6) is -0.769. The zero-order chi connectivity index (χ0) is 17.3. The number of phenolic OH excluding ortho intramolecular Hbond substituents is 1. The zero-order valence-corrected chi connectivity index (χ0v) is 13.5. The molecule has 3 rings (SSSR count). The average Bonchev–Trinajstić information content (AvgIpc) is 2.55. The van der Waals surface area contributed by atoms with E-state index in [1.54, 1.807) is 12.1 Å². The van der Waals surface area contributed by atoms with Crippen LogP contribution in [-0.4, -0.2) is 16.2 Å². The van der Waals surface area contributed by atoms with Crippen LogP contribution in [0.3, 0.4) is 0 Å². The molecule has 0 unspecified atom stereocenters. The third kappa shape index (κ3) is 3.15. The standard InChI is InChI=1S/C16H10Cl2N2O4/c17-8-1-4-12(11(18)5-8)19-16(22)15-7-13(20-23)10-3-2-9(21)6-14(10)24-15/h1-7,21,23H,(H,19,22)/b20-13+. The molecule has 8 heteroatoms. The van der Waals surface area contributed by atoms with E-state index in [2.05, 4.69) is 10.5 Å². The number of carbonyl (C=O) groups excluding carboxylic acids is 1. The normalized spacial score (nSPS) is 11.7. The van der Waals surface area contributed by atoms with E-state index in [0.717, 1.165) is 0 Å². The molecule has 0 atom stereocenters. The number of benzene rings is 2. The summed E-state index contributed by atoms with van der Waals surface area (Å²) >= 11 is 11.8. The lowest BCUT2D eigenvalue weighted by molar-refractivity contribution is 0.0997. The molecule has 6 nitrogen and oxygen atoms in total. The maximum Gasteiger partial charge on any atom is 0.291 e. The molecule has 0 radical (unpaired) electrons. The molecule has 24 heavy (non-hydrogen) atoms. The summed E-state index contributed by atoms with van der Waals surface area (Å²) in [4.78, 5) is 12.4. The van der Waals surface area contributed by atoms with Gasteiger partial charge in [0.15, 0.2) is 5.76 Å². The van der Waals surface area contributed by atoms with Gasteiger partial charge in [-0.3, -0.25) is 4.79 Å². The van der Waals surface area contributed by atoms with Crippen LogP contribution in [0.2, 0.25) is 10.0 Å². The Kier molecular flexibility index (Phi) is 4.33. The third-order valence-corrected chi connectivity index (χ3v) is 3.79. The summed E-state index contributed by atoms with van der Waals surface area (Å²) < 4.78 is 5.47. The average molecular weight is 365 g/mol. The molecule has 0 aliphatic heterocycles. The second kappa shape index (κ2) is 6.43. The third-order valence-electron chi connectivity index (χ3n) is 3.24. The fourth-order valence-corrected chi connectivity index (χ4v) is 2.58. The van der Waals surface area contributed by atoms with E-state index < -0.39 is 5.91 Å². The Bertz CT molecular complexity index is 1010. The maximum absolute atomic E-state index is 12.4. The maximum atomic E-state index is 12.4. The van der Waals surface area contributed by atoms with Gasteiger partial charge in [-0.25, -0.2) is 0 Å². The minimum absolute atomic E-state index is 0.0477. The first kappa shape index (κ1) is 16.2. The van der Waals surface area contributed by atoms with Crippen molar-refractivity contribution < 1.29 is 19.5 Å². The predicted molar refractivity (Wildman–Crippen MR) is 89.6 cm³/mol. The molecule has 0 bridgehead atoms. The van der Waals surface area contributed by atoms with E-state index in [-0.39, 0.29) is 27.5 Å². The summed E-state index contributed by atoms with van der Waals surface area (Å²) in [7, 11) is 0. The Labute approximate surface area is 145 Å². The van der Waals surface area contributed by atoms with Gasteiger partial charge in [-0.2, -0.15) is 0 Å². The van der Waals surface area contributed by atoms with E-state index in [0.29, 0.717) is 16.1 Å². The quantitative estimate of drug-likeness (QED) is 0.473. The van der Waals surface area contributed by atoms with Crippen molar-refractivity contribution in [3.63, 3.8) is 0 Å². The molecule has 0 saturated carbocycles. The monoisotopic (exact) mass is 364 g/mol. The highest BCUT2D eigenvalue weighted by Crippen LogP contribution is 2.26. The molecule has 1 heterocycles. The lowest BCUT2D eigenvalue weighted by Gasteiger charge is -2.08. The number of anilines is 1. The van der Waals surface area contributed by atoms with Crippen LogP contribution in [0.15, 0.2) is 52.0 Å². The Morgan fingerprint density at radius 1 is 1.12 bits per heavy atom. The van der Waals surface area contributed by atoms with Crippen LogP contribution < -0.4 is 10.7 Å². The SMILES string of the molecule is O=C(Nc1ccc(Cl)cc1Cl)c1c/c(=N\O)c2ccc(O)cc2o1. The molecule has 122 valence electrons. The number of aromatic hydroxyl groups is 1. The highest BCUT2D eigenvalue weighted by atomic mass is 35.5. The number of rotatable bonds is 2. The van der Waals surface area contributed by atoms with Crippen LogP contribution in [-0.2, 0) is 0 Å². The lowest BCUT2D eigenvalue weighted by atomic mass is 10.2. The molecule has 3 N–H and O–H groups in total. The molecular formula is C16H10Cl2N2O4. The highest BCUT2D eigenvalue weighted by molar-refractivity contribution is 6.36. The van der Waals surface area contributed by atoms with Crippen LogP contribution in [0.1, 0.15) is 10.6 Å². The van der Waals surface area contributed by atoms with Crippen molar-refractivity contribution in [1.82, 2.24) is 0 Å². The molecule has 0 spiro atoms. The fraction of sp³-hybridized carbons (Fsp3) is 0. The number of nitrogens with zero attached hydrogens (tertiary/aromatic N) is 1. The molecule has 0 saturated heterocycles. The van der Waals surface area contributed by atoms with Gasteiger partial charge < -0.3 is 20.0 Å². The second-order valence-electron chi connectivity index (χ2n) is 4.85. The predicted octanol–water partition coefficient (Wildman–Crippen LogP) is 3.99. The number of halogens is 2. The van der Waals surface area contributed by atoms with Crippen molar-refractivity contribution in [3.8, 4) is 5.75 Å². The van der Waals surface area contributed by atoms with Gasteiger partial charge in [0.2, 0.25) is 0 Å². The Balaban J connectivity index is 2.03. The van der Waals surface area contributed by atoms with Gasteiger partial charge in [0.05, 0.1) is 10.7 Å². The van der Waals surface area contributed by atoms with Crippen molar-refractivity contribution in [2.24, 2.45) is 5.16 Å². The van der Waals surface area contributed by atoms with Gasteiger partial charge in [-0.15, -0.1) is 0 Å². The number of carbonyl (C=O) groups is 1. The molecule has 2 aromatic carbocycles. The van der Waals surface area contributed by atoms with Gasteiger partial charge in [-0.1, -0.05) is 28.4 Å². The van der Waals surface area contributed by atoms with E-state index in [9.17, 15) is 9.90 Å².